The molecule has 0 spiro atoms. The summed E-state index contributed by atoms with van der Waals surface area (Å²) in [5.41, 5.74) is 1.17. The van der Waals surface area contributed by atoms with Gasteiger partial charge in [-0.1, -0.05) is 29.3 Å². The highest BCUT2D eigenvalue weighted by molar-refractivity contribution is 7.98. The molecule has 1 aromatic rings. The zero-order valence-electron chi connectivity index (χ0n) is 8.17. The predicted octanol–water partition coefficient (Wildman–Crippen LogP) is 4.53. The largest absolute Gasteiger partial charge is 0.198 e. The molecular formula is C11H11Cl2NS. The van der Waals surface area contributed by atoms with Gasteiger partial charge in [0.25, 0.3) is 0 Å². The lowest BCUT2D eigenvalue weighted by atomic mass is 10.2. The second kappa shape index (κ2) is 7.00. The summed E-state index contributed by atoms with van der Waals surface area (Å²) in [5.74, 6) is 1.93. The maximum Gasteiger partial charge on any atom is 0.0622 e. The highest BCUT2D eigenvalue weighted by Crippen LogP contribution is 2.24. The summed E-state index contributed by atoms with van der Waals surface area (Å²) in [6.45, 7) is 0. The van der Waals surface area contributed by atoms with Crippen molar-refractivity contribution < 1.29 is 0 Å². The number of benzene rings is 1. The van der Waals surface area contributed by atoms with Gasteiger partial charge in [0.2, 0.25) is 0 Å². The van der Waals surface area contributed by atoms with Gasteiger partial charge < -0.3 is 0 Å². The SMILES string of the molecule is N#CCCCSCc1ccc(Cl)c(Cl)c1. The molecule has 0 aliphatic rings. The van der Waals surface area contributed by atoms with Gasteiger partial charge in [0.15, 0.2) is 0 Å². The third-order valence-electron chi connectivity index (χ3n) is 1.83. The molecule has 0 saturated heterocycles. The van der Waals surface area contributed by atoms with Crippen LogP contribution in [0.15, 0.2) is 18.2 Å². The minimum absolute atomic E-state index is 0.592. The first-order chi connectivity index (χ1) is 7.24. The number of halogens is 2. The molecule has 0 aliphatic carbocycles. The molecule has 0 N–H and O–H groups in total. The molecule has 0 atom stereocenters. The molecule has 1 rings (SSSR count). The van der Waals surface area contributed by atoms with Gasteiger partial charge >= 0.3 is 0 Å². The molecule has 0 bridgehead atoms. The average Bonchev–Trinajstić information content (AvgIpc) is 2.23. The van der Waals surface area contributed by atoms with Crippen molar-refractivity contribution in [3.05, 3.63) is 33.8 Å². The lowest BCUT2D eigenvalue weighted by molar-refractivity contribution is 0.981. The van der Waals surface area contributed by atoms with Crippen LogP contribution in [0, 0.1) is 11.3 Å². The van der Waals surface area contributed by atoms with E-state index in [0.29, 0.717) is 16.5 Å². The standard InChI is InChI=1S/C11H11Cl2NS/c12-10-4-3-9(7-11(10)13)8-15-6-2-1-5-14/h3-4,7H,1-2,6,8H2. The van der Waals surface area contributed by atoms with E-state index in [4.69, 9.17) is 28.5 Å². The maximum atomic E-state index is 8.36. The van der Waals surface area contributed by atoms with Gasteiger partial charge in [-0.05, 0) is 29.9 Å². The molecule has 0 radical (unpaired) electrons. The van der Waals surface area contributed by atoms with Gasteiger partial charge in [-0.3, -0.25) is 0 Å². The lowest BCUT2D eigenvalue weighted by Gasteiger charge is -2.02. The summed E-state index contributed by atoms with van der Waals surface area (Å²) in [6, 6.07) is 7.81. The van der Waals surface area contributed by atoms with E-state index in [1.54, 1.807) is 0 Å². The lowest BCUT2D eigenvalue weighted by Crippen LogP contribution is -1.84. The molecule has 0 aromatic heterocycles. The Morgan fingerprint density at radius 1 is 1.27 bits per heavy atom. The minimum Gasteiger partial charge on any atom is -0.198 e. The van der Waals surface area contributed by atoms with Crippen LogP contribution in [-0.2, 0) is 5.75 Å². The molecule has 1 nitrogen and oxygen atoms in total. The fourth-order valence-electron chi connectivity index (χ4n) is 1.07. The third kappa shape index (κ3) is 4.79. The van der Waals surface area contributed by atoms with Crippen LogP contribution in [0.25, 0.3) is 0 Å². The summed E-state index contributed by atoms with van der Waals surface area (Å²) >= 11 is 13.5. The number of thioether (sulfide) groups is 1. The van der Waals surface area contributed by atoms with E-state index in [9.17, 15) is 0 Å². The van der Waals surface area contributed by atoms with Crippen molar-refractivity contribution in [1.29, 1.82) is 5.26 Å². The third-order valence-corrected chi connectivity index (χ3v) is 3.68. The number of nitriles is 1. The first-order valence-corrected chi connectivity index (χ1v) is 6.53. The zero-order valence-corrected chi connectivity index (χ0v) is 10.5. The quantitative estimate of drug-likeness (QED) is 0.726. The highest BCUT2D eigenvalue weighted by Gasteiger charge is 1.99. The Labute approximate surface area is 104 Å². The van der Waals surface area contributed by atoms with Gasteiger partial charge in [0, 0.05) is 12.2 Å². The van der Waals surface area contributed by atoms with Gasteiger partial charge in [0.1, 0.15) is 0 Å². The van der Waals surface area contributed by atoms with E-state index in [2.05, 4.69) is 6.07 Å². The van der Waals surface area contributed by atoms with Crippen molar-refractivity contribution in [2.45, 2.75) is 18.6 Å². The predicted molar refractivity (Wildman–Crippen MR) is 67.5 cm³/mol. The second-order valence-corrected chi connectivity index (χ2v) is 4.98. The topological polar surface area (TPSA) is 23.8 Å². The fourth-order valence-corrected chi connectivity index (χ4v) is 2.30. The number of unbranched alkanes of at least 4 members (excludes halogenated alkanes) is 1. The summed E-state index contributed by atoms with van der Waals surface area (Å²) in [4.78, 5) is 0. The summed E-state index contributed by atoms with van der Waals surface area (Å²) in [6.07, 6.45) is 1.58. The molecule has 0 aliphatic heterocycles. The molecule has 4 heteroatoms. The van der Waals surface area contributed by atoms with E-state index >= 15 is 0 Å². The molecule has 0 amide bonds. The monoisotopic (exact) mass is 259 g/mol. The van der Waals surface area contributed by atoms with Crippen molar-refractivity contribution >= 4 is 35.0 Å². The van der Waals surface area contributed by atoms with Crippen molar-refractivity contribution in [2.24, 2.45) is 0 Å². The average molecular weight is 260 g/mol. The Kier molecular flexibility index (Phi) is 5.93. The van der Waals surface area contributed by atoms with Crippen LogP contribution in [0.1, 0.15) is 18.4 Å². The van der Waals surface area contributed by atoms with E-state index < -0.39 is 0 Å². The van der Waals surface area contributed by atoms with Crippen molar-refractivity contribution in [2.75, 3.05) is 5.75 Å². The molecule has 80 valence electrons. The Morgan fingerprint density at radius 2 is 2.07 bits per heavy atom. The number of hydrogen-bond donors (Lipinski definition) is 0. The molecule has 0 heterocycles. The van der Waals surface area contributed by atoms with Gasteiger partial charge in [-0.2, -0.15) is 17.0 Å². The molecule has 15 heavy (non-hydrogen) atoms. The van der Waals surface area contributed by atoms with Crippen LogP contribution in [0.4, 0.5) is 0 Å². The van der Waals surface area contributed by atoms with Crippen LogP contribution in [0.3, 0.4) is 0 Å². The fraction of sp³-hybridized carbons (Fsp3) is 0.364. The van der Waals surface area contributed by atoms with E-state index in [1.165, 1.54) is 5.56 Å². The Balaban J connectivity index is 2.32. The first-order valence-electron chi connectivity index (χ1n) is 4.62. The normalized spacial score (nSPS) is 9.93. The van der Waals surface area contributed by atoms with Crippen molar-refractivity contribution in [1.82, 2.24) is 0 Å². The van der Waals surface area contributed by atoms with Crippen molar-refractivity contribution in [3.63, 3.8) is 0 Å². The van der Waals surface area contributed by atoms with Gasteiger partial charge in [-0.25, -0.2) is 0 Å². The van der Waals surface area contributed by atoms with Crippen LogP contribution < -0.4 is 0 Å². The van der Waals surface area contributed by atoms with Crippen LogP contribution >= 0.6 is 35.0 Å². The molecular weight excluding hydrogens is 249 g/mol. The van der Waals surface area contributed by atoms with E-state index in [1.807, 2.05) is 30.0 Å². The Bertz CT molecular complexity index is 360. The van der Waals surface area contributed by atoms with Crippen molar-refractivity contribution in [3.8, 4) is 6.07 Å². The van der Waals surface area contributed by atoms with Crippen LogP contribution in [0.2, 0.25) is 10.0 Å². The first kappa shape index (κ1) is 12.7. The minimum atomic E-state index is 0.592. The Morgan fingerprint density at radius 3 is 2.73 bits per heavy atom. The van der Waals surface area contributed by atoms with E-state index in [-0.39, 0.29) is 0 Å². The smallest absolute Gasteiger partial charge is 0.0622 e. The Hall–Kier alpha value is -0.360. The van der Waals surface area contributed by atoms with Gasteiger partial charge in [-0.15, -0.1) is 0 Å². The number of rotatable bonds is 5. The molecule has 0 fully saturated rings. The summed E-state index contributed by atoms with van der Waals surface area (Å²) in [7, 11) is 0. The van der Waals surface area contributed by atoms with E-state index in [0.717, 1.165) is 17.9 Å². The number of hydrogen-bond acceptors (Lipinski definition) is 2. The summed E-state index contributed by atoms with van der Waals surface area (Å²) < 4.78 is 0. The number of nitrogens with zero attached hydrogens (tertiary/aromatic N) is 1. The van der Waals surface area contributed by atoms with Gasteiger partial charge in [0.05, 0.1) is 16.1 Å². The van der Waals surface area contributed by atoms with Crippen LogP contribution in [0.5, 0.6) is 0 Å². The maximum absolute atomic E-state index is 8.36. The summed E-state index contributed by atoms with van der Waals surface area (Å²) in [5, 5.41) is 9.55. The molecule has 0 saturated carbocycles. The van der Waals surface area contributed by atoms with Crippen LogP contribution in [-0.4, -0.2) is 5.75 Å². The highest BCUT2D eigenvalue weighted by atomic mass is 35.5. The zero-order chi connectivity index (χ0) is 11.1. The second-order valence-electron chi connectivity index (χ2n) is 3.06. The molecule has 0 unspecified atom stereocenters. The molecule has 1 aromatic carbocycles.